The van der Waals surface area contributed by atoms with E-state index in [9.17, 15) is 9.59 Å². The van der Waals surface area contributed by atoms with Gasteiger partial charge in [0.25, 0.3) is 0 Å². The van der Waals surface area contributed by atoms with Crippen molar-refractivity contribution in [1.29, 1.82) is 0 Å². The monoisotopic (exact) mass is 307 g/mol. The van der Waals surface area contributed by atoms with Crippen LogP contribution in [-0.4, -0.2) is 23.7 Å². The van der Waals surface area contributed by atoms with Gasteiger partial charge in [-0.1, -0.05) is 38.5 Å². The minimum Gasteiger partial charge on any atom is -0.444 e. The number of hydrogen-bond donors (Lipinski definition) is 1. The molecule has 2 unspecified atom stereocenters. The highest BCUT2D eigenvalue weighted by atomic mass is 16.6. The summed E-state index contributed by atoms with van der Waals surface area (Å²) in [5.41, 5.74) is -0.618. The Kier molecular flexibility index (Phi) is 6.40. The highest BCUT2D eigenvalue weighted by molar-refractivity contribution is 5.83. The minimum absolute atomic E-state index is 0.0660. The predicted octanol–water partition coefficient (Wildman–Crippen LogP) is 3.53. The van der Waals surface area contributed by atoms with E-state index in [0.717, 1.165) is 6.42 Å². The van der Waals surface area contributed by atoms with E-state index in [2.05, 4.69) is 5.32 Å². The van der Waals surface area contributed by atoms with Gasteiger partial charge in [-0.25, -0.2) is 9.59 Å². The van der Waals surface area contributed by atoms with Gasteiger partial charge in [-0.3, -0.25) is 0 Å². The van der Waals surface area contributed by atoms with E-state index in [1.54, 1.807) is 45.0 Å². The van der Waals surface area contributed by atoms with Crippen molar-refractivity contribution in [2.75, 3.05) is 0 Å². The molecule has 0 spiro atoms. The highest BCUT2D eigenvalue weighted by Crippen LogP contribution is 2.15. The van der Waals surface area contributed by atoms with Crippen molar-refractivity contribution in [3.05, 3.63) is 30.3 Å². The molecule has 1 amide bonds. The molecular weight excluding hydrogens is 282 g/mol. The van der Waals surface area contributed by atoms with Crippen LogP contribution in [0.1, 0.15) is 41.0 Å². The van der Waals surface area contributed by atoms with Gasteiger partial charge < -0.3 is 14.8 Å². The second-order valence-electron chi connectivity index (χ2n) is 6.24. The van der Waals surface area contributed by atoms with Crippen LogP contribution in [0.4, 0.5) is 4.79 Å². The molecule has 1 rings (SSSR count). The number of benzene rings is 1. The number of alkyl carbamates (subject to hydrolysis) is 1. The molecule has 0 radical (unpaired) electrons. The number of amides is 1. The second-order valence-corrected chi connectivity index (χ2v) is 6.24. The maximum atomic E-state index is 12.3. The molecule has 0 saturated carbocycles. The third kappa shape index (κ3) is 6.16. The van der Waals surface area contributed by atoms with E-state index in [0.29, 0.717) is 5.75 Å². The van der Waals surface area contributed by atoms with Crippen LogP contribution >= 0.6 is 0 Å². The number of para-hydroxylation sites is 1. The summed E-state index contributed by atoms with van der Waals surface area (Å²) in [5, 5.41) is 2.61. The Bertz CT molecular complexity index is 493. The van der Waals surface area contributed by atoms with Crippen molar-refractivity contribution in [2.24, 2.45) is 5.92 Å². The normalized spacial score (nSPS) is 13.9. The van der Waals surface area contributed by atoms with E-state index in [1.165, 1.54) is 0 Å². The summed E-state index contributed by atoms with van der Waals surface area (Å²) in [6, 6.07) is 8.03. The molecule has 5 heteroatoms. The maximum Gasteiger partial charge on any atom is 0.408 e. The van der Waals surface area contributed by atoms with Crippen LogP contribution in [0.2, 0.25) is 0 Å². The topological polar surface area (TPSA) is 64.6 Å². The molecule has 0 aliphatic heterocycles. The Hall–Kier alpha value is -2.04. The maximum absolute atomic E-state index is 12.3. The molecule has 122 valence electrons. The van der Waals surface area contributed by atoms with Gasteiger partial charge in [-0.05, 0) is 38.8 Å². The number of carbonyl (C=O) groups excluding carboxylic acids is 2. The zero-order valence-corrected chi connectivity index (χ0v) is 13.9. The summed E-state index contributed by atoms with van der Waals surface area (Å²) in [6.07, 6.45) is 0.104. The third-order valence-corrected chi connectivity index (χ3v) is 3.10. The van der Waals surface area contributed by atoms with Gasteiger partial charge in [0.1, 0.15) is 17.4 Å². The van der Waals surface area contributed by atoms with Crippen molar-refractivity contribution < 1.29 is 19.1 Å². The van der Waals surface area contributed by atoms with Crippen molar-refractivity contribution in [3.63, 3.8) is 0 Å². The van der Waals surface area contributed by atoms with Crippen molar-refractivity contribution in [2.45, 2.75) is 52.7 Å². The first kappa shape index (κ1) is 18.0. The quantitative estimate of drug-likeness (QED) is 0.667. The number of ether oxygens (including phenoxy) is 2. The van der Waals surface area contributed by atoms with Crippen LogP contribution in [0.25, 0.3) is 0 Å². The summed E-state index contributed by atoms with van der Waals surface area (Å²) < 4.78 is 10.5. The Labute approximate surface area is 132 Å². The SMILES string of the molecule is CCC(C)C(NC(=O)OC(C)(C)C)C(=O)Oc1ccccc1. The summed E-state index contributed by atoms with van der Waals surface area (Å²) in [7, 11) is 0. The second kappa shape index (κ2) is 7.82. The van der Waals surface area contributed by atoms with Gasteiger partial charge in [0.2, 0.25) is 0 Å². The summed E-state index contributed by atoms with van der Waals surface area (Å²) in [6.45, 7) is 9.14. The van der Waals surface area contributed by atoms with Gasteiger partial charge >= 0.3 is 12.1 Å². The molecule has 0 heterocycles. The van der Waals surface area contributed by atoms with E-state index in [4.69, 9.17) is 9.47 Å². The van der Waals surface area contributed by atoms with Crippen LogP contribution in [0.3, 0.4) is 0 Å². The van der Waals surface area contributed by atoms with Crippen LogP contribution in [-0.2, 0) is 9.53 Å². The van der Waals surface area contributed by atoms with Crippen LogP contribution in [0, 0.1) is 5.92 Å². The molecule has 22 heavy (non-hydrogen) atoms. The molecule has 0 saturated heterocycles. The van der Waals surface area contributed by atoms with Gasteiger partial charge in [0.05, 0.1) is 0 Å². The minimum atomic E-state index is -0.750. The molecule has 2 atom stereocenters. The Morgan fingerprint density at radius 2 is 1.77 bits per heavy atom. The Morgan fingerprint density at radius 3 is 2.27 bits per heavy atom. The third-order valence-electron chi connectivity index (χ3n) is 3.10. The molecule has 1 N–H and O–H groups in total. The summed E-state index contributed by atoms with van der Waals surface area (Å²) >= 11 is 0. The molecule has 5 nitrogen and oxygen atoms in total. The van der Waals surface area contributed by atoms with Gasteiger partial charge in [-0.2, -0.15) is 0 Å². The van der Waals surface area contributed by atoms with Crippen molar-refractivity contribution in [3.8, 4) is 5.75 Å². The number of nitrogens with one attached hydrogen (secondary N) is 1. The lowest BCUT2D eigenvalue weighted by atomic mass is 9.99. The molecule has 0 bridgehead atoms. The molecule has 0 aliphatic carbocycles. The van der Waals surface area contributed by atoms with E-state index >= 15 is 0 Å². The van der Waals surface area contributed by atoms with E-state index in [-0.39, 0.29) is 5.92 Å². The zero-order valence-electron chi connectivity index (χ0n) is 13.9. The van der Waals surface area contributed by atoms with Crippen LogP contribution in [0.15, 0.2) is 30.3 Å². The van der Waals surface area contributed by atoms with Crippen LogP contribution in [0.5, 0.6) is 5.75 Å². The fourth-order valence-electron chi connectivity index (χ4n) is 1.77. The molecule has 1 aromatic carbocycles. The zero-order chi connectivity index (χ0) is 16.8. The Balaban J connectivity index is 2.75. The number of rotatable bonds is 5. The van der Waals surface area contributed by atoms with Crippen LogP contribution < -0.4 is 10.1 Å². The van der Waals surface area contributed by atoms with Gasteiger partial charge in [0.15, 0.2) is 0 Å². The fourth-order valence-corrected chi connectivity index (χ4v) is 1.77. The predicted molar refractivity (Wildman–Crippen MR) is 84.7 cm³/mol. The van der Waals surface area contributed by atoms with E-state index in [1.807, 2.05) is 19.9 Å². The smallest absolute Gasteiger partial charge is 0.408 e. The first-order valence-electron chi connectivity index (χ1n) is 7.49. The summed E-state index contributed by atoms with van der Waals surface area (Å²) in [5.74, 6) is -0.109. The van der Waals surface area contributed by atoms with Crippen molar-refractivity contribution >= 4 is 12.1 Å². The average Bonchev–Trinajstić information content (AvgIpc) is 2.43. The Morgan fingerprint density at radius 1 is 1.18 bits per heavy atom. The first-order valence-corrected chi connectivity index (χ1v) is 7.49. The van der Waals surface area contributed by atoms with Gasteiger partial charge in [0, 0.05) is 0 Å². The molecule has 0 fully saturated rings. The molecule has 0 aliphatic rings. The lowest BCUT2D eigenvalue weighted by Crippen LogP contribution is -2.48. The van der Waals surface area contributed by atoms with Crippen molar-refractivity contribution in [1.82, 2.24) is 5.32 Å². The standard InChI is InChI=1S/C17H25NO4/c1-6-12(2)14(18-16(20)22-17(3,4)5)15(19)21-13-10-8-7-9-11-13/h7-12,14H,6H2,1-5H3,(H,18,20). The number of esters is 1. The summed E-state index contributed by atoms with van der Waals surface area (Å²) in [4.78, 5) is 24.2. The highest BCUT2D eigenvalue weighted by Gasteiger charge is 2.29. The molecule has 0 aromatic heterocycles. The van der Waals surface area contributed by atoms with Gasteiger partial charge in [-0.15, -0.1) is 0 Å². The largest absolute Gasteiger partial charge is 0.444 e. The number of carbonyl (C=O) groups is 2. The fraction of sp³-hybridized carbons (Fsp3) is 0.529. The lowest BCUT2D eigenvalue weighted by Gasteiger charge is -2.25. The number of hydrogen-bond acceptors (Lipinski definition) is 4. The average molecular weight is 307 g/mol. The lowest BCUT2D eigenvalue weighted by molar-refractivity contribution is -0.138. The molecular formula is C17H25NO4. The molecule has 1 aromatic rings. The first-order chi connectivity index (χ1) is 10.2. The van der Waals surface area contributed by atoms with E-state index < -0.39 is 23.7 Å².